The van der Waals surface area contributed by atoms with E-state index in [1.54, 1.807) is 18.2 Å². The van der Waals surface area contributed by atoms with Crippen LogP contribution in [0.5, 0.6) is 0 Å². The summed E-state index contributed by atoms with van der Waals surface area (Å²) < 4.78 is 5.72. The molecule has 0 bridgehead atoms. The lowest BCUT2D eigenvalue weighted by atomic mass is 9.83. The molecular weight excluding hydrogens is 309 g/mol. The van der Waals surface area contributed by atoms with Gasteiger partial charge in [0.1, 0.15) is 5.60 Å². The van der Waals surface area contributed by atoms with Crippen LogP contribution in [0.15, 0.2) is 18.2 Å². The van der Waals surface area contributed by atoms with Crippen molar-refractivity contribution in [3.63, 3.8) is 0 Å². The normalized spacial score (nSPS) is 16.8. The predicted octanol–water partition coefficient (Wildman–Crippen LogP) is 2.83. The Labute approximate surface area is 136 Å². The van der Waals surface area contributed by atoms with Gasteiger partial charge in [-0.15, -0.1) is 0 Å². The van der Waals surface area contributed by atoms with Crippen LogP contribution >= 0.6 is 23.2 Å². The van der Waals surface area contributed by atoms with Crippen molar-refractivity contribution in [2.75, 3.05) is 13.1 Å². The number of rotatable bonds is 4. The molecule has 3 nitrogen and oxygen atoms in total. The summed E-state index contributed by atoms with van der Waals surface area (Å²) in [5.74, 6) is 0.137. The molecule has 116 valence electrons. The fourth-order valence-electron chi connectivity index (χ4n) is 2.88. The summed E-state index contributed by atoms with van der Waals surface area (Å²) >= 11 is 12.2. The third-order valence-corrected chi connectivity index (χ3v) is 4.89. The summed E-state index contributed by atoms with van der Waals surface area (Å²) in [5, 5.41) is 3.31. The van der Waals surface area contributed by atoms with Crippen molar-refractivity contribution in [1.82, 2.24) is 0 Å². The topological polar surface area (TPSA) is 42.9 Å². The molecular formula is C16H22Cl2NO2+. The van der Waals surface area contributed by atoms with Crippen LogP contribution in [0.2, 0.25) is 10.0 Å². The number of carbonyl (C=O) groups excluding carboxylic acids is 1. The Morgan fingerprint density at radius 2 is 1.86 bits per heavy atom. The Morgan fingerprint density at radius 3 is 2.43 bits per heavy atom. The quantitative estimate of drug-likeness (QED) is 0.862. The Morgan fingerprint density at radius 1 is 1.29 bits per heavy atom. The molecule has 1 aromatic rings. The van der Waals surface area contributed by atoms with E-state index in [9.17, 15) is 4.79 Å². The first-order valence-corrected chi connectivity index (χ1v) is 8.12. The van der Waals surface area contributed by atoms with Gasteiger partial charge < -0.3 is 10.1 Å². The highest BCUT2D eigenvalue weighted by Crippen LogP contribution is 2.30. The minimum atomic E-state index is -0.445. The summed E-state index contributed by atoms with van der Waals surface area (Å²) in [6.45, 7) is 6.19. The van der Waals surface area contributed by atoms with Crippen molar-refractivity contribution in [1.29, 1.82) is 0 Å². The molecule has 1 saturated heterocycles. The molecule has 1 aliphatic heterocycles. The molecule has 0 aromatic heterocycles. The fourth-order valence-corrected chi connectivity index (χ4v) is 3.41. The van der Waals surface area contributed by atoms with E-state index in [-0.39, 0.29) is 12.4 Å². The highest BCUT2D eigenvalue weighted by molar-refractivity contribution is 6.36. The second kappa shape index (κ2) is 6.99. The van der Waals surface area contributed by atoms with Gasteiger partial charge in [0.05, 0.1) is 19.5 Å². The number of piperidine rings is 1. The van der Waals surface area contributed by atoms with Gasteiger partial charge in [0.25, 0.3) is 0 Å². The predicted molar refractivity (Wildman–Crippen MR) is 84.7 cm³/mol. The minimum Gasteiger partial charge on any atom is -0.459 e. The minimum absolute atomic E-state index is 0.112. The molecule has 5 heteroatoms. The molecule has 1 fully saturated rings. The van der Waals surface area contributed by atoms with E-state index in [0.29, 0.717) is 21.5 Å². The number of ether oxygens (including phenoxy) is 1. The van der Waals surface area contributed by atoms with E-state index in [4.69, 9.17) is 27.9 Å². The third kappa shape index (κ3) is 4.35. The average Bonchev–Trinajstić information content (AvgIpc) is 2.43. The Balaban J connectivity index is 2.00. The van der Waals surface area contributed by atoms with Crippen molar-refractivity contribution in [2.45, 2.75) is 38.7 Å². The average molecular weight is 331 g/mol. The highest BCUT2D eigenvalue weighted by Gasteiger charge is 2.35. The highest BCUT2D eigenvalue weighted by atomic mass is 35.5. The first-order chi connectivity index (χ1) is 9.90. The zero-order valence-electron chi connectivity index (χ0n) is 12.5. The molecule has 0 spiro atoms. The second-order valence-electron chi connectivity index (χ2n) is 6.09. The lowest BCUT2D eigenvalue weighted by Gasteiger charge is -2.35. The first-order valence-electron chi connectivity index (χ1n) is 7.36. The summed E-state index contributed by atoms with van der Waals surface area (Å²) in [5.41, 5.74) is 0.192. The van der Waals surface area contributed by atoms with Gasteiger partial charge in [-0.05, 0) is 26.0 Å². The Hall–Kier alpha value is -0.770. The molecule has 2 N–H and O–H groups in total. The molecule has 1 heterocycles. The summed E-state index contributed by atoms with van der Waals surface area (Å²) in [6.07, 6.45) is 2.26. The number of hydrogen-bond donors (Lipinski definition) is 1. The van der Waals surface area contributed by atoms with Gasteiger partial charge in [0.2, 0.25) is 0 Å². The summed E-state index contributed by atoms with van der Waals surface area (Å²) in [4.78, 5) is 12.2. The Kier molecular flexibility index (Phi) is 5.53. The molecule has 0 amide bonds. The molecule has 0 atom stereocenters. The maximum atomic E-state index is 12.2. The standard InChI is InChI=1S/C16H21Cl2NO2/c1-16(2,11-6-8-19-9-7-11)21-15(20)10-12-13(17)4-3-5-14(12)18/h3-5,11,19H,6-10H2,1-2H3/p+1. The van der Waals surface area contributed by atoms with Crippen molar-refractivity contribution in [2.24, 2.45) is 5.92 Å². The van der Waals surface area contributed by atoms with Crippen LogP contribution in [-0.4, -0.2) is 24.7 Å². The maximum Gasteiger partial charge on any atom is 0.310 e. The van der Waals surface area contributed by atoms with Crippen LogP contribution < -0.4 is 5.32 Å². The first kappa shape index (κ1) is 16.6. The zero-order valence-corrected chi connectivity index (χ0v) is 14.0. The van der Waals surface area contributed by atoms with E-state index in [1.807, 2.05) is 13.8 Å². The summed E-state index contributed by atoms with van der Waals surface area (Å²) in [6, 6.07) is 5.23. The van der Waals surface area contributed by atoms with Gasteiger partial charge in [0, 0.05) is 34.4 Å². The van der Waals surface area contributed by atoms with Crippen molar-refractivity contribution >= 4 is 29.2 Å². The molecule has 21 heavy (non-hydrogen) atoms. The van der Waals surface area contributed by atoms with Gasteiger partial charge in [-0.25, -0.2) is 0 Å². The van der Waals surface area contributed by atoms with Crippen LogP contribution in [-0.2, 0) is 16.0 Å². The largest absolute Gasteiger partial charge is 0.459 e. The fraction of sp³-hybridized carbons (Fsp3) is 0.562. The number of hydrogen-bond acceptors (Lipinski definition) is 2. The molecule has 1 aromatic carbocycles. The van der Waals surface area contributed by atoms with Gasteiger partial charge in [-0.1, -0.05) is 29.3 Å². The van der Waals surface area contributed by atoms with E-state index in [2.05, 4.69) is 5.32 Å². The van der Waals surface area contributed by atoms with Crippen LogP contribution in [0.1, 0.15) is 32.3 Å². The van der Waals surface area contributed by atoms with Crippen LogP contribution in [0.4, 0.5) is 0 Å². The van der Waals surface area contributed by atoms with E-state index in [0.717, 1.165) is 25.9 Å². The lowest BCUT2D eigenvalue weighted by Crippen LogP contribution is -2.86. The number of benzene rings is 1. The SMILES string of the molecule is CC(C)(OC(=O)Cc1c(Cl)cccc1Cl)C1CC[NH2+]CC1. The Bertz CT molecular complexity index is 491. The monoisotopic (exact) mass is 330 g/mol. The molecule has 1 aliphatic rings. The molecule has 0 unspecified atom stereocenters. The van der Waals surface area contributed by atoms with Crippen LogP contribution in [0.3, 0.4) is 0 Å². The third-order valence-electron chi connectivity index (χ3n) is 4.18. The number of halogens is 2. The maximum absolute atomic E-state index is 12.2. The zero-order chi connectivity index (χ0) is 15.5. The number of esters is 1. The molecule has 2 rings (SSSR count). The van der Waals surface area contributed by atoms with Crippen molar-refractivity contribution < 1.29 is 14.8 Å². The molecule has 0 radical (unpaired) electrons. The second-order valence-corrected chi connectivity index (χ2v) is 6.91. The van der Waals surface area contributed by atoms with Gasteiger partial charge in [-0.2, -0.15) is 0 Å². The van der Waals surface area contributed by atoms with Crippen LogP contribution in [0, 0.1) is 5.92 Å². The van der Waals surface area contributed by atoms with Gasteiger partial charge >= 0.3 is 5.97 Å². The van der Waals surface area contributed by atoms with Crippen molar-refractivity contribution in [3.05, 3.63) is 33.8 Å². The molecule has 0 saturated carbocycles. The number of quaternary nitrogens is 1. The van der Waals surface area contributed by atoms with Crippen molar-refractivity contribution in [3.8, 4) is 0 Å². The van der Waals surface area contributed by atoms with E-state index >= 15 is 0 Å². The van der Waals surface area contributed by atoms with E-state index < -0.39 is 5.60 Å². The number of carbonyl (C=O) groups is 1. The van der Waals surface area contributed by atoms with E-state index in [1.165, 1.54) is 0 Å². The molecule has 0 aliphatic carbocycles. The summed E-state index contributed by atoms with van der Waals surface area (Å²) in [7, 11) is 0. The van der Waals surface area contributed by atoms with Crippen LogP contribution in [0.25, 0.3) is 0 Å². The smallest absolute Gasteiger partial charge is 0.310 e. The lowest BCUT2D eigenvalue weighted by molar-refractivity contribution is -0.665. The van der Waals surface area contributed by atoms with Gasteiger partial charge in [-0.3, -0.25) is 4.79 Å². The number of nitrogens with two attached hydrogens (primary N) is 1. The van der Waals surface area contributed by atoms with Gasteiger partial charge in [0.15, 0.2) is 0 Å².